The summed E-state index contributed by atoms with van der Waals surface area (Å²) in [7, 11) is 0. The molecule has 2 aromatic carbocycles. The molecule has 0 aliphatic carbocycles. The van der Waals surface area contributed by atoms with Crippen molar-refractivity contribution in [3.63, 3.8) is 0 Å². The van der Waals surface area contributed by atoms with Gasteiger partial charge in [0.15, 0.2) is 0 Å². The standard InChI is InChI=1S/C15H10N3/c1-2-4-15-12(3-1)10-17-18(15)13-6-5-11-7-8-16-14(11)9-13/h2-10,16H. The van der Waals surface area contributed by atoms with Gasteiger partial charge in [0.25, 0.3) is 0 Å². The van der Waals surface area contributed by atoms with Gasteiger partial charge in [0.2, 0.25) is 0 Å². The average Bonchev–Trinajstić information content (AvgIpc) is 3.04. The van der Waals surface area contributed by atoms with E-state index in [1.165, 1.54) is 5.39 Å². The van der Waals surface area contributed by atoms with Crippen molar-refractivity contribution in [3.05, 3.63) is 60.9 Å². The van der Waals surface area contributed by atoms with E-state index in [-0.39, 0.29) is 0 Å². The summed E-state index contributed by atoms with van der Waals surface area (Å²) in [5.74, 6) is 0. The van der Waals surface area contributed by atoms with Crippen LogP contribution in [0.25, 0.3) is 27.5 Å². The first-order valence-electron chi connectivity index (χ1n) is 5.83. The van der Waals surface area contributed by atoms with Crippen molar-refractivity contribution in [2.45, 2.75) is 0 Å². The molecule has 0 aliphatic heterocycles. The molecule has 1 radical (unpaired) electrons. The molecule has 0 saturated carbocycles. The molecule has 0 bridgehead atoms. The molecule has 0 saturated heterocycles. The van der Waals surface area contributed by atoms with Gasteiger partial charge in [-0.3, -0.25) is 0 Å². The fourth-order valence-electron chi connectivity index (χ4n) is 2.29. The van der Waals surface area contributed by atoms with Crippen molar-refractivity contribution in [3.8, 4) is 5.69 Å². The van der Waals surface area contributed by atoms with E-state index in [1.54, 1.807) is 0 Å². The van der Waals surface area contributed by atoms with Crippen LogP contribution in [0.4, 0.5) is 0 Å². The number of H-pyrrole nitrogens is 1. The van der Waals surface area contributed by atoms with E-state index >= 15 is 0 Å². The molecule has 4 rings (SSSR count). The van der Waals surface area contributed by atoms with Crippen LogP contribution in [0.15, 0.2) is 54.9 Å². The minimum Gasteiger partial charge on any atom is -0.361 e. The van der Waals surface area contributed by atoms with Crippen molar-refractivity contribution in [2.75, 3.05) is 0 Å². The predicted molar refractivity (Wildman–Crippen MR) is 71.8 cm³/mol. The number of aromatic nitrogens is 3. The molecule has 0 spiro atoms. The van der Waals surface area contributed by atoms with E-state index in [0.29, 0.717) is 0 Å². The summed E-state index contributed by atoms with van der Waals surface area (Å²) >= 11 is 0. The Balaban J connectivity index is 2.00. The summed E-state index contributed by atoms with van der Waals surface area (Å²) in [5.41, 5.74) is 3.28. The fourth-order valence-corrected chi connectivity index (χ4v) is 2.29. The molecule has 0 fully saturated rings. The summed E-state index contributed by atoms with van der Waals surface area (Å²) in [6, 6.07) is 17.3. The highest BCUT2D eigenvalue weighted by atomic mass is 15.3. The maximum atomic E-state index is 4.44. The summed E-state index contributed by atoms with van der Waals surface area (Å²) in [4.78, 5) is 3.22. The van der Waals surface area contributed by atoms with Gasteiger partial charge in [0, 0.05) is 17.1 Å². The number of benzene rings is 2. The second-order valence-electron chi connectivity index (χ2n) is 4.29. The molecular formula is C15H10N3. The first-order chi connectivity index (χ1) is 8.92. The number of nitrogens with zero attached hydrogens (tertiary/aromatic N) is 2. The van der Waals surface area contributed by atoms with Crippen molar-refractivity contribution < 1.29 is 0 Å². The zero-order chi connectivity index (χ0) is 11.9. The Labute approximate surface area is 104 Å². The van der Waals surface area contributed by atoms with Crippen LogP contribution in [-0.2, 0) is 0 Å². The molecule has 3 nitrogen and oxygen atoms in total. The zero-order valence-electron chi connectivity index (χ0n) is 9.59. The van der Waals surface area contributed by atoms with Gasteiger partial charge in [0.05, 0.1) is 17.4 Å². The quantitative estimate of drug-likeness (QED) is 0.536. The lowest BCUT2D eigenvalue weighted by Gasteiger charge is -2.03. The van der Waals surface area contributed by atoms with Crippen LogP contribution in [0.3, 0.4) is 0 Å². The van der Waals surface area contributed by atoms with Gasteiger partial charge in [-0.1, -0.05) is 12.1 Å². The molecule has 0 atom stereocenters. The lowest BCUT2D eigenvalue weighted by Crippen LogP contribution is -1.95. The summed E-state index contributed by atoms with van der Waals surface area (Å²) in [6.45, 7) is 0. The smallest absolute Gasteiger partial charge is 0.0741 e. The van der Waals surface area contributed by atoms with Gasteiger partial charge in [-0.05, 0) is 41.8 Å². The second kappa shape index (κ2) is 3.47. The van der Waals surface area contributed by atoms with Crippen LogP contribution in [0.1, 0.15) is 0 Å². The van der Waals surface area contributed by atoms with E-state index in [4.69, 9.17) is 0 Å². The lowest BCUT2D eigenvalue weighted by atomic mass is 10.2. The van der Waals surface area contributed by atoms with Gasteiger partial charge < -0.3 is 4.98 Å². The first kappa shape index (κ1) is 9.48. The van der Waals surface area contributed by atoms with Gasteiger partial charge in [-0.25, -0.2) is 4.68 Å². The number of aromatic amines is 1. The van der Waals surface area contributed by atoms with Crippen LogP contribution < -0.4 is 0 Å². The van der Waals surface area contributed by atoms with Gasteiger partial charge >= 0.3 is 0 Å². The monoisotopic (exact) mass is 232 g/mol. The number of rotatable bonds is 1. The molecular weight excluding hydrogens is 222 g/mol. The third-order valence-corrected chi connectivity index (χ3v) is 3.20. The highest BCUT2D eigenvalue weighted by Crippen LogP contribution is 2.21. The maximum Gasteiger partial charge on any atom is 0.0741 e. The molecule has 85 valence electrons. The zero-order valence-corrected chi connectivity index (χ0v) is 9.59. The number of hydrogen-bond acceptors (Lipinski definition) is 1. The van der Waals surface area contributed by atoms with Gasteiger partial charge in [0.1, 0.15) is 0 Å². The topological polar surface area (TPSA) is 33.6 Å². The largest absolute Gasteiger partial charge is 0.361 e. The Morgan fingerprint density at radius 1 is 1.11 bits per heavy atom. The van der Waals surface area contributed by atoms with Gasteiger partial charge in [-0.2, -0.15) is 5.10 Å². The van der Waals surface area contributed by atoms with Crippen LogP contribution in [0.2, 0.25) is 0 Å². The number of nitrogens with one attached hydrogen (secondary N) is 1. The van der Waals surface area contributed by atoms with Crippen LogP contribution in [0.5, 0.6) is 0 Å². The van der Waals surface area contributed by atoms with E-state index < -0.39 is 0 Å². The predicted octanol–water partition coefficient (Wildman–Crippen LogP) is 3.31. The van der Waals surface area contributed by atoms with E-state index in [2.05, 4.69) is 40.4 Å². The van der Waals surface area contributed by atoms with Crippen LogP contribution >= 0.6 is 0 Å². The third kappa shape index (κ3) is 1.27. The minimum absolute atomic E-state index is 1.06. The normalized spacial score (nSPS) is 11.3. The Hall–Kier alpha value is -2.55. The Morgan fingerprint density at radius 2 is 2.11 bits per heavy atom. The molecule has 3 heteroatoms. The average molecular weight is 232 g/mol. The Kier molecular flexibility index (Phi) is 1.83. The number of hydrogen-bond donors (Lipinski definition) is 1. The number of fused-ring (bicyclic) bond motifs is 2. The van der Waals surface area contributed by atoms with Gasteiger partial charge in [-0.15, -0.1) is 0 Å². The van der Waals surface area contributed by atoms with Crippen LogP contribution in [0, 0.1) is 6.07 Å². The third-order valence-electron chi connectivity index (χ3n) is 3.20. The SMILES string of the molecule is [c]1ccc2c(c1)cnn2-c1ccc2cc[nH]c2c1. The van der Waals surface area contributed by atoms with Crippen molar-refractivity contribution in [1.29, 1.82) is 0 Å². The highest BCUT2D eigenvalue weighted by Gasteiger charge is 2.05. The van der Waals surface area contributed by atoms with Crippen molar-refractivity contribution in [2.24, 2.45) is 0 Å². The molecule has 4 aromatic rings. The van der Waals surface area contributed by atoms with E-state index in [1.807, 2.05) is 35.3 Å². The van der Waals surface area contributed by atoms with Crippen molar-refractivity contribution in [1.82, 2.24) is 14.8 Å². The summed E-state index contributed by atoms with van der Waals surface area (Å²) in [6.07, 6.45) is 3.81. The minimum atomic E-state index is 1.06. The fraction of sp³-hybridized carbons (Fsp3) is 0. The molecule has 18 heavy (non-hydrogen) atoms. The molecule has 0 unspecified atom stereocenters. The van der Waals surface area contributed by atoms with E-state index in [0.717, 1.165) is 22.1 Å². The van der Waals surface area contributed by atoms with Crippen molar-refractivity contribution >= 4 is 21.8 Å². The molecule has 2 heterocycles. The van der Waals surface area contributed by atoms with E-state index in [9.17, 15) is 0 Å². The molecule has 2 aromatic heterocycles. The maximum absolute atomic E-state index is 4.44. The first-order valence-corrected chi connectivity index (χ1v) is 5.83. The van der Waals surface area contributed by atoms with Crippen LogP contribution in [-0.4, -0.2) is 14.8 Å². The highest BCUT2D eigenvalue weighted by molar-refractivity contribution is 5.84. The Bertz CT molecular complexity index is 839. The second-order valence-corrected chi connectivity index (χ2v) is 4.29. The Morgan fingerprint density at radius 3 is 3.11 bits per heavy atom. The summed E-state index contributed by atoms with van der Waals surface area (Å²) in [5, 5.41) is 6.75. The lowest BCUT2D eigenvalue weighted by molar-refractivity contribution is 0.912. The molecule has 0 amide bonds. The molecule has 0 aliphatic rings. The summed E-state index contributed by atoms with van der Waals surface area (Å²) < 4.78 is 1.95. The molecule has 1 N–H and O–H groups in total.